The molecule has 1 spiro atoms. The molecule has 6 rings (SSSR count). The zero-order chi connectivity index (χ0) is 24.3. The number of pyridine rings is 1. The predicted octanol–water partition coefficient (Wildman–Crippen LogP) is 5.66. The molecule has 0 N–H and O–H groups in total. The number of Topliss-reactive ketones (excluding diaryl/α,β-unsaturated/α-hetero) is 1. The van der Waals surface area contributed by atoms with Crippen LogP contribution in [-0.4, -0.2) is 39.2 Å². The van der Waals surface area contributed by atoms with E-state index in [4.69, 9.17) is 14.8 Å². The van der Waals surface area contributed by atoms with E-state index in [0.29, 0.717) is 6.42 Å². The number of ketones is 1. The summed E-state index contributed by atoms with van der Waals surface area (Å²) in [5.74, 6) is 1.93. The van der Waals surface area contributed by atoms with Gasteiger partial charge < -0.3 is 9.64 Å². The number of nitrogens with zero attached hydrogens (tertiary/aromatic N) is 4. The fourth-order valence-electron chi connectivity index (χ4n) is 5.60. The average molecular weight is 467 g/mol. The van der Waals surface area contributed by atoms with Crippen LogP contribution in [0.1, 0.15) is 52.0 Å². The van der Waals surface area contributed by atoms with Crippen molar-refractivity contribution in [2.24, 2.45) is 0 Å². The number of ether oxygens (including phenoxy) is 1. The van der Waals surface area contributed by atoms with Crippen LogP contribution >= 0.6 is 0 Å². The summed E-state index contributed by atoms with van der Waals surface area (Å²) in [6, 6.07) is 16.3. The lowest BCUT2D eigenvalue weighted by Crippen LogP contribution is -2.51. The van der Waals surface area contributed by atoms with Gasteiger partial charge in [0.2, 0.25) is 0 Å². The number of hydrogen-bond acceptors (Lipinski definition) is 5. The van der Waals surface area contributed by atoms with Gasteiger partial charge in [-0.15, -0.1) is 0 Å². The summed E-state index contributed by atoms with van der Waals surface area (Å²) < 4.78 is 8.56. The third kappa shape index (κ3) is 3.51. The zero-order valence-corrected chi connectivity index (χ0v) is 20.8. The normalized spacial score (nSPS) is 17.0. The Labute approximate surface area is 205 Å². The molecular formula is C29H30N4O2. The van der Waals surface area contributed by atoms with Crippen LogP contribution in [0.25, 0.3) is 16.7 Å². The number of aromatic nitrogens is 3. The van der Waals surface area contributed by atoms with Crippen LogP contribution in [0, 0.1) is 27.7 Å². The van der Waals surface area contributed by atoms with Gasteiger partial charge in [-0.1, -0.05) is 24.3 Å². The molecule has 1 saturated heterocycles. The molecule has 2 aromatic heterocycles. The Kier molecular flexibility index (Phi) is 4.95. The maximum absolute atomic E-state index is 13.0. The number of fused-ring (bicyclic) bond motifs is 2. The van der Waals surface area contributed by atoms with E-state index < -0.39 is 5.60 Å². The highest BCUT2D eigenvalue weighted by Crippen LogP contribution is 2.42. The number of para-hydroxylation sites is 1. The number of benzene rings is 2. The first-order valence-corrected chi connectivity index (χ1v) is 12.3. The Balaban J connectivity index is 1.31. The molecule has 0 unspecified atom stereocenters. The number of carbonyl (C=O) groups excluding carboxylic acids is 1. The molecule has 1 fully saturated rings. The van der Waals surface area contributed by atoms with E-state index in [-0.39, 0.29) is 5.78 Å². The van der Waals surface area contributed by atoms with Gasteiger partial charge in [0.25, 0.3) is 0 Å². The highest BCUT2D eigenvalue weighted by Gasteiger charge is 2.43. The van der Waals surface area contributed by atoms with Crippen molar-refractivity contribution in [3.05, 3.63) is 76.5 Å². The smallest absolute Gasteiger partial charge is 0.170 e. The molecule has 2 aromatic carbocycles. The Morgan fingerprint density at radius 1 is 0.943 bits per heavy atom. The molecule has 2 aliphatic rings. The third-order valence-corrected chi connectivity index (χ3v) is 7.77. The number of rotatable bonds is 2. The topological polar surface area (TPSA) is 60.2 Å². The predicted molar refractivity (Wildman–Crippen MR) is 138 cm³/mol. The van der Waals surface area contributed by atoms with Crippen LogP contribution in [0.5, 0.6) is 5.75 Å². The van der Waals surface area contributed by atoms with Crippen LogP contribution in [-0.2, 0) is 0 Å². The van der Waals surface area contributed by atoms with Gasteiger partial charge in [-0.3, -0.25) is 4.79 Å². The SMILES string of the molecule is Cc1ccc2c(c1C)OC1(CCN(c3cc(C)c4c(C)nn(-c5ccccc5)c4n3)CC1)CC2=O. The quantitative estimate of drug-likeness (QED) is 0.382. The molecule has 0 bridgehead atoms. The van der Waals surface area contributed by atoms with Gasteiger partial charge in [0.15, 0.2) is 11.4 Å². The van der Waals surface area contributed by atoms with E-state index in [1.54, 1.807) is 0 Å². The van der Waals surface area contributed by atoms with Gasteiger partial charge in [0, 0.05) is 31.3 Å². The number of aryl methyl sites for hydroxylation is 3. The first-order valence-electron chi connectivity index (χ1n) is 12.3. The van der Waals surface area contributed by atoms with Crippen LogP contribution in [0.2, 0.25) is 0 Å². The highest BCUT2D eigenvalue weighted by molar-refractivity contribution is 6.01. The van der Waals surface area contributed by atoms with Crippen molar-refractivity contribution >= 4 is 22.6 Å². The van der Waals surface area contributed by atoms with Crippen molar-refractivity contribution in [3.63, 3.8) is 0 Å². The molecule has 178 valence electrons. The Hall–Kier alpha value is -3.67. The summed E-state index contributed by atoms with van der Waals surface area (Å²) >= 11 is 0. The third-order valence-electron chi connectivity index (χ3n) is 7.77. The molecule has 6 nitrogen and oxygen atoms in total. The minimum absolute atomic E-state index is 0.195. The number of hydrogen-bond donors (Lipinski definition) is 0. The average Bonchev–Trinajstić information content (AvgIpc) is 3.19. The summed E-state index contributed by atoms with van der Waals surface area (Å²) in [6.45, 7) is 9.89. The molecule has 4 heterocycles. The maximum Gasteiger partial charge on any atom is 0.170 e. The van der Waals surface area contributed by atoms with E-state index in [0.717, 1.165) is 76.6 Å². The van der Waals surface area contributed by atoms with E-state index in [1.165, 1.54) is 5.56 Å². The van der Waals surface area contributed by atoms with E-state index >= 15 is 0 Å². The van der Waals surface area contributed by atoms with E-state index in [1.807, 2.05) is 41.9 Å². The number of anilines is 1. The standard InChI is InChI=1S/C29H30N4O2/c1-18-10-11-23-24(34)17-29(35-27(23)20(18)3)12-14-32(15-13-29)25-16-19(2)26-21(4)31-33(28(26)30-25)22-8-6-5-7-9-22/h5-11,16H,12-15,17H2,1-4H3. The molecule has 0 amide bonds. The first-order chi connectivity index (χ1) is 16.8. The van der Waals surface area contributed by atoms with Crippen LogP contribution < -0.4 is 9.64 Å². The maximum atomic E-state index is 13.0. The summed E-state index contributed by atoms with van der Waals surface area (Å²) in [4.78, 5) is 20.4. The minimum atomic E-state index is -0.430. The largest absolute Gasteiger partial charge is 0.486 e. The number of carbonyl (C=O) groups is 1. The fraction of sp³-hybridized carbons (Fsp3) is 0.345. The second-order valence-electron chi connectivity index (χ2n) is 10.1. The zero-order valence-electron chi connectivity index (χ0n) is 20.8. The fourth-order valence-corrected chi connectivity index (χ4v) is 5.60. The van der Waals surface area contributed by atoms with Crippen molar-refractivity contribution in [2.75, 3.05) is 18.0 Å². The molecule has 0 atom stereocenters. The van der Waals surface area contributed by atoms with Gasteiger partial charge in [-0.2, -0.15) is 5.10 Å². The lowest BCUT2D eigenvalue weighted by molar-refractivity contribution is 0.0225. The van der Waals surface area contributed by atoms with Crippen molar-refractivity contribution in [1.82, 2.24) is 14.8 Å². The Morgan fingerprint density at radius 2 is 1.69 bits per heavy atom. The number of piperidine rings is 1. The molecular weight excluding hydrogens is 436 g/mol. The lowest BCUT2D eigenvalue weighted by atomic mass is 9.81. The molecule has 0 aliphatic carbocycles. The first kappa shape index (κ1) is 21.8. The van der Waals surface area contributed by atoms with Crippen molar-refractivity contribution < 1.29 is 9.53 Å². The summed E-state index contributed by atoms with van der Waals surface area (Å²) in [5, 5.41) is 5.90. The molecule has 0 radical (unpaired) electrons. The summed E-state index contributed by atoms with van der Waals surface area (Å²) in [6.07, 6.45) is 2.03. The molecule has 2 aliphatic heterocycles. The molecule has 4 aromatic rings. The second kappa shape index (κ2) is 7.94. The molecule has 0 saturated carbocycles. The Bertz CT molecular complexity index is 1460. The van der Waals surface area contributed by atoms with E-state index in [9.17, 15) is 4.79 Å². The van der Waals surface area contributed by atoms with Gasteiger partial charge in [-0.05, 0) is 68.7 Å². The lowest BCUT2D eigenvalue weighted by Gasteiger charge is -2.44. The molecule has 35 heavy (non-hydrogen) atoms. The van der Waals surface area contributed by atoms with Gasteiger partial charge in [-0.25, -0.2) is 9.67 Å². The Morgan fingerprint density at radius 3 is 2.43 bits per heavy atom. The minimum Gasteiger partial charge on any atom is -0.486 e. The monoisotopic (exact) mass is 466 g/mol. The summed E-state index contributed by atoms with van der Waals surface area (Å²) in [7, 11) is 0. The molecule has 6 heteroatoms. The van der Waals surface area contributed by atoms with Crippen LogP contribution in [0.3, 0.4) is 0 Å². The van der Waals surface area contributed by atoms with Gasteiger partial charge >= 0.3 is 0 Å². The van der Waals surface area contributed by atoms with Crippen molar-refractivity contribution in [1.29, 1.82) is 0 Å². The van der Waals surface area contributed by atoms with Gasteiger partial charge in [0.05, 0.1) is 23.4 Å². The second-order valence-corrected chi connectivity index (χ2v) is 10.1. The van der Waals surface area contributed by atoms with Crippen molar-refractivity contribution in [2.45, 2.75) is 52.6 Å². The van der Waals surface area contributed by atoms with Crippen LogP contribution in [0.4, 0.5) is 5.82 Å². The van der Waals surface area contributed by atoms with E-state index in [2.05, 4.69) is 43.9 Å². The highest BCUT2D eigenvalue weighted by atomic mass is 16.5. The summed E-state index contributed by atoms with van der Waals surface area (Å²) in [5.41, 5.74) is 6.58. The van der Waals surface area contributed by atoms with Gasteiger partial charge in [0.1, 0.15) is 17.2 Å². The van der Waals surface area contributed by atoms with Crippen LogP contribution in [0.15, 0.2) is 48.5 Å². The van der Waals surface area contributed by atoms with Crippen molar-refractivity contribution in [3.8, 4) is 11.4 Å².